The van der Waals surface area contributed by atoms with Crippen molar-refractivity contribution in [3.63, 3.8) is 0 Å². The van der Waals surface area contributed by atoms with Gasteiger partial charge in [-0.15, -0.1) is 0 Å². The number of anilines is 1. The molecule has 2 saturated heterocycles. The molecule has 0 bridgehead atoms. The first-order valence-electron chi connectivity index (χ1n) is 8.69. The molecule has 1 atom stereocenters. The molecule has 0 aromatic heterocycles. The van der Waals surface area contributed by atoms with Crippen LogP contribution in [0.1, 0.15) is 30.1 Å². The van der Waals surface area contributed by atoms with Crippen molar-refractivity contribution in [3.8, 4) is 0 Å². The third-order valence-electron chi connectivity index (χ3n) is 4.78. The topological polar surface area (TPSA) is 98.8 Å². The van der Waals surface area contributed by atoms with Crippen molar-refractivity contribution in [2.24, 2.45) is 0 Å². The minimum absolute atomic E-state index is 0.00877. The first-order chi connectivity index (χ1) is 12.4. The van der Waals surface area contributed by atoms with Gasteiger partial charge >= 0.3 is 6.03 Å². The Kier molecular flexibility index (Phi) is 5.20. The van der Waals surface area contributed by atoms with Crippen LogP contribution in [-0.2, 0) is 9.59 Å². The van der Waals surface area contributed by atoms with Crippen molar-refractivity contribution in [3.05, 3.63) is 29.8 Å². The normalized spacial score (nSPS) is 20.0. The van der Waals surface area contributed by atoms with Gasteiger partial charge in [0.2, 0.25) is 5.91 Å². The average molecular weight is 358 g/mol. The largest absolute Gasteiger partial charge is 0.368 e. The molecule has 138 valence electrons. The van der Waals surface area contributed by atoms with Crippen LogP contribution >= 0.6 is 0 Å². The van der Waals surface area contributed by atoms with Crippen LogP contribution in [0.15, 0.2) is 24.3 Å². The predicted octanol–water partition coefficient (Wildman–Crippen LogP) is 0.526. The highest BCUT2D eigenvalue weighted by Gasteiger charge is 2.30. The van der Waals surface area contributed by atoms with Gasteiger partial charge in [0, 0.05) is 43.9 Å². The van der Waals surface area contributed by atoms with Crippen molar-refractivity contribution in [1.82, 2.24) is 15.5 Å². The van der Waals surface area contributed by atoms with Crippen LogP contribution < -0.4 is 15.5 Å². The zero-order valence-corrected chi connectivity index (χ0v) is 14.7. The van der Waals surface area contributed by atoms with Gasteiger partial charge in [-0.3, -0.25) is 19.7 Å². The summed E-state index contributed by atoms with van der Waals surface area (Å²) in [6, 6.07) is 6.36. The van der Waals surface area contributed by atoms with Crippen LogP contribution in [0.2, 0.25) is 0 Å². The minimum Gasteiger partial charge on any atom is -0.368 e. The molecule has 1 unspecified atom stereocenters. The highest BCUT2D eigenvalue weighted by molar-refractivity contribution is 6.04. The number of nitrogens with one attached hydrogen (secondary N) is 2. The number of piperazine rings is 1. The van der Waals surface area contributed by atoms with Crippen LogP contribution in [0.5, 0.6) is 0 Å². The van der Waals surface area contributed by atoms with Gasteiger partial charge in [-0.05, 0) is 37.6 Å². The first-order valence-corrected chi connectivity index (χ1v) is 8.69. The molecule has 0 saturated carbocycles. The van der Waals surface area contributed by atoms with Gasteiger partial charge in [0.25, 0.3) is 5.91 Å². The summed E-state index contributed by atoms with van der Waals surface area (Å²) in [7, 11) is 0. The third-order valence-corrected chi connectivity index (χ3v) is 4.78. The van der Waals surface area contributed by atoms with E-state index in [1.54, 1.807) is 11.8 Å². The molecule has 0 spiro atoms. The Morgan fingerprint density at radius 2 is 1.73 bits per heavy atom. The van der Waals surface area contributed by atoms with E-state index in [1.807, 2.05) is 24.3 Å². The molecule has 1 aromatic rings. The molecule has 26 heavy (non-hydrogen) atoms. The fraction of sp³-hybridized carbons (Fsp3) is 0.444. The molecule has 0 aliphatic carbocycles. The highest BCUT2D eigenvalue weighted by Crippen LogP contribution is 2.18. The van der Waals surface area contributed by atoms with Gasteiger partial charge in [-0.2, -0.15) is 0 Å². The summed E-state index contributed by atoms with van der Waals surface area (Å²) in [5, 5.41) is 4.66. The fourth-order valence-corrected chi connectivity index (χ4v) is 3.21. The highest BCUT2D eigenvalue weighted by atomic mass is 16.2. The molecule has 2 fully saturated rings. The van der Waals surface area contributed by atoms with Crippen molar-refractivity contribution in [2.45, 2.75) is 25.8 Å². The molecule has 4 amide bonds. The van der Waals surface area contributed by atoms with E-state index in [9.17, 15) is 19.2 Å². The Hall–Kier alpha value is -2.90. The lowest BCUT2D eigenvalue weighted by atomic mass is 10.1. The maximum atomic E-state index is 12.3. The lowest BCUT2D eigenvalue weighted by Crippen LogP contribution is -2.49. The van der Waals surface area contributed by atoms with Crippen LogP contribution in [0.3, 0.4) is 0 Å². The number of benzene rings is 1. The Morgan fingerprint density at radius 3 is 2.27 bits per heavy atom. The van der Waals surface area contributed by atoms with Crippen molar-refractivity contribution in [2.75, 3.05) is 31.1 Å². The van der Waals surface area contributed by atoms with Gasteiger partial charge in [-0.25, -0.2) is 4.79 Å². The number of carbonyl (C=O) groups excluding carboxylic acids is 4. The van der Waals surface area contributed by atoms with E-state index >= 15 is 0 Å². The number of hydrogen-bond donors (Lipinski definition) is 2. The Balaban J connectivity index is 1.47. The van der Waals surface area contributed by atoms with Crippen LogP contribution in [0.25, 0.3) is 0 Å². The molecule has 8 heteroatoms. The van der Waals surface area contributed by atoms with E-state index in [4.69, 9.17) is 0 Å². The number of imide groups is 1. The van der Waals surface area contributed by atoms with E-state index in [-0.39, 0.29) is 24.0 Å². The first kappa shape index (κ1) is 17.9. The monoisotopic (exact) mass is 358 g/mol. The molecule has 2 heterocycles. The number of carbonyl (C=O) groups is 4. The average Bonchev–Trinajstić information content (AvgIpc) is 2.97. The van der Waals surface area contributed by atoms with Gasteiger partial charge in [0.1, 0.15) is 6.04 Å². The molecular weight excluding hydrogens is 336 g/mol. The van der Waals surface area contributed by atoms with E-state index in [2.05, 4.69) is 15.5 Å². The maximum Gasteiger partial charge on any atom is 0.322 e. The smallest absolute Gasteiger partial charge is 0.322 e. The van der Waals surface area contributed by atoms with E-state index in [0.29, 0.717) is 38.2 Å². The molecule has 2 N–H and O–H groups in total. The summed E-state index contributed by atoms with van der Waals surface area (Å²) in [5.41, 5.74) is 1.72. The van der Waals surface area contributed by atoms with E-state index in [1.165, 1.54) is 0 Å². The lowest BCUT2D eigenvalue weighted by Gasteiger charge is -2.36. The summed E-state index contributed by atoms with van der Waals surface area (Å²) >= 11 is 0. The predicted molar refractivity (Wildman–Crippen MR) is 94.9 cm³/mol. The second kappa shape index (κ2) is 7.55. The number of amides is 4. The van der Waals surface area contributed by atoms with Gasteiger partial charge in [0.15, 0.2) is 5.78 Å². The van der Waals surface area contributed by atoms with E-state index < -0.39 is 12.1 Å². The Morgan fingerprint density at radius 1 is 1.08 bits per heavy atom. The van der Waals surface area contributed by atoms with Gasteiger partial charge in [-0.1, -0.05) is 0 Å². The summed E-state index contributed by atoms with van der Waals surface area (Å²) in [6.45, 7) is 4.19. The number of urea groups is 1. The number of rotatable bonds is 5. The van der Waals surface area contributed by atoms with E-state index in [0.717, 1.165) is 5.69 Å². The lowest BCUT2D eigenvalue weighted by molar-refractivity contribution is -0.131. The third kappa shape index (κ3) is 4.01. The quantitative estimate of drug-likeness (QED) is 0.591. The van der Waals surface area contributed by atoms with Crippen molar-refractivity contribution >= 4 is 29.3 Å². The summed E-state index contributed by atoms with van der Waals surface area (Å²) < 4.78 is 0. The summed E-state index contributed by atoms with van der Waals surface area (Å²) in [4.78, 5) is 50.2. The number of hydrogen-bond acceptors (Lipinski definition) is 5. The summed E-state index contributed by atoms with van der Waals surface area (Å²) in [5.74, 6) is -0.341. The Bertz CT molecular complexity index is 723. The van der Waals surface area contributed by atoms with Gasteiger partial charge < -0.3 is 15.1 Å². The maximum absolute atomic E-state index is 12.3. The van der Waals surface area contributed by atoms with Crippen LogP contribution in [0.4, 0.5) is 10.5 Å². The van der Waals surface area contributed by atoms with Crippen molar-refractivity contribution in [1.29, 1.82) is 0 Å². The molecule has 2 aliphatic heterocycles. The Labute approximate surface area is 151 Å². The molecule has 3 rings (SSSR count). The second-order valence-electron chi connectivity index (χ2n) is 6.52. The molecule has 0 radical (unpaired) electrons. The molecule has 1 aromatic carbocycles. The molecule has 2 aliphatic rings. The zero-order valence-electron chi connectivity index (χ0n) is 14.7. The number of Topliss-reactive ketones (excluding diaryl/α,β-unsaturated/α-hetero) is 1. The van der Waals surface area contributed by atoms with Crippen molar-refractivity contribution < 1.29 is 19.2 Å². The minimum atomic E-state index is -0.618. The standard InChI is InChI=1S/C18H22N4O4/c1-12(23)13-2-4-14(5-3-13)21-8-10-22(11-9-21)16(24)7-6-15-17(25)20-18(26)19-15/h2-5,15H,6-11H2,1H3,(H2,19,20,25,26). The number of nitrogens with zero attached hydrogens (tertiary/aromatic N) is 2. The molecular formula is C18H22N4O4. The fourth-order valence-electron chi connectivity index (χ4n) is 3.21. The summed E-state index contributed by atoms with van der Waals surface area (Å²) in [6.07, 6.45) is 0.537. The van der Waals surface area contributed by atoms with Crippen LogP contribution in [-0.4, -0.2) is 60.7 Å². The van der Waals surface area contributed by atoms with Crippen LogP contribution in [0, 0.1) is 0 Å². The molecule has 8 nitrogen and oxygen atoms in total. The number of ketones is 1. The zero-order chi connectivity index (χ0) is 18.7. The SMILES string of the molecule is CC(=O)c1ccc(N2CCN(C(=O)CCC3NC(=O)NC3=O)CC2)cc1. The second-order valence-corrected chi connectivity index (χ2v) is 6.52. The van der Waals surface area contributed by atoms with Gasteiger partial charge in [0.05, 0.1) is 0 Å².